The van der Waals surface area contributed by atoms with Gasteiger partial charge in [-0.2, -0.15) is 5.26 Å². The maximum Gasteiger partial charge on any atom is 0.326 e. The van der Waals surface area contributed by atoms with Crippen LogP contribution in [-0.2, 0) is 27.4 Å². The van der Waals surface area contributed by atoms with Gasteiger partial charge < -0.3 is 15.2 Å². The highest BCUT2D eigenvalue weighted by molar-refractivity contribution is 6.35. The third-order valence-electron chi connectivity index (χ3n) is 7.24. The van der Waals surface area contributed by atoms with Crippen molar-refractivity contribution in [1.29, 1.82) is 5.26 Å². The van der Waals surface area contributed by atoms with E-state index in [9.17, 15) is 19.5 Å². The van der Waals surface area contributed by atoms with Crippen LogP contribution in [0.2, 0.25) is 10.0 Å². The molecule has 9 nitrogen and oxygen atoms in total. The number of anilines is 1. The average Bonchev–Trinajstić information content (AvgIpc) is 3.00. The fourth-order valence-corrected chi connectivity index (χ4v) is 5.26. The minimum Gasteiger partial charge on any atom is -0.489 e. The van der Waals surface area contributed by atoms with Gasteiger partial charge in [-0.05, 0) is 79.8 Å². The lowest BCUT2D eigenvalue weighted by Crippen LogP contribution is -2.46. The van der Waals surface area contributed by atoms with Gasteiger partial charge >= 0.3 is 5.97 Å². The number of hydrogen-bond donors (Lipinski definition) is 4. The first-order valence-electron chi connectivity index (χ1n) is 13.5. The van der Waals surface area contributed by atoms with Gasteiger partial charge in [0.25, 0.3) is 0 Å². The quantitative estimate of drug-likeness (QED) is 0.210. The SMILES string of the molecule is N#Cc1ccc(NNC(=O)C2CCC(C(=O)N[C@@H](Cc3ccc(OCc4c(Cl)cccc4Cl)cc3)C(=O)O)CC2)cc1. The topological polar surface area (TPSA) is 141 Å². The molecule has 0 bridgehead atoms. The van der Waals surface area contributed by atoms with Crippen molar-refractivity contribution in [2.45, 2.75) is 44.8 Å². The zero-order valence-corrected chi connectivity index (χ0v) is 24.1. The molecule has 1 atom stereocenters. The summed E-state index contributed by atoms with van der Waals surface area (Å²) >= 11 is 12.4. The molecular weight excluding hydrogens is 579 g/mol. The summed E-state index contributed by atoms with van der Waals surface area (Å²) in [4.78, 5) is 37.4. The Kier molecular flexibility index (Phi) is 10.7. The molecule has 3 aromatic rings. The second-order valence-corrected chi connectivity index (χ2v) is 10.9. The minimum atomic E-state index is -1.13. The van der Waals surface area contributed by atoms with Gasteiger partial charge in [-0.15, -0.1) is 0 Å². The number of amides is 2. The first-order valence-corrected chi connectivity index (χ1v) is 14.2. The van der Waals surface area contributed by atoms with Gasteiger partial charge in [0.2, 0.25) is 11.8 Å². The van der Waals surface area contributed by atoms with Crippen LogP contribution in [-0.4, -0.2) is 28.9 Å². The molecule has 0 aromatic heterocycles. The number of hydrogen-bond acceptors (Lipinski definition) is 6. The number of nitrogens with zero attached hydrogens (tertiary/aromatic N) is 1. The number of carbonyl (C=O) groups is 3. The van der Waals surface area contributed by atoms with Gasteiger partial charge in [0.1, 0.15) is 18.4 Å². The summed E-state index contributed by atoms with van der Waals surface area (Å²) in [5.41, 5.74) is 8.09. The molecular formula is C31H30Cl2N4O5. The highest BCUT2D eigenvalue weighted by atomic mass is 35.5. The zero-order chi connectivity index (χ0) is 30.1. The van der Waals surface area contributed by atoms with Crippen LogP contribution in [0.5, 0.6) is 5.75 Å². The van der Waals surface area contributed by atoms with E-state index in [-0.39, 0.29) is 36.7 Å². The minimum absolute atomic E-state index is 0.108. The van der Waals surface area contributed by atoms with Crippen molar-refractivity contribution >= 4 is 46.7 Å². The molecule has 1 fully saturated rings. The van der Waals surface area contributed by atoms with Crippen LogP contribution in [0.1, 0.15) is 42.4 Å². The molecule has 11 heteroatoms. The van der Waals surface area contributed by atoms with Crippen LogP contribution in [0.4, 0.5) is 5.69 Å². The first-order chi connectivity index (χ1) is 20.2. The lowest BCUT2D eigenvalue weighted by Gasteiger charge is -2.28. The Balaban J connectivity index is 1.23. The van der Waals surface area contributed by atoms with Crippen LogP contribution < -0.4 is 20.9 Å². The number of hydrazine groups is 1. The fourth-order valence-electron chi connectivity index (χ4n) is 4.75. The van der Waals surface area contributed by atoms with E-state index in [0.717, 1.165) is 5.56 Å². The van der Waals surface area contributed by atoms with Gasteiger partial charge in [-0.3, -0.25) is 20.4 Å². The van der Waals surface area contributed by atoms with Crippen molar-refractivity contribution in [3.8, 4) is 11.8 Å². The standard InChI is InChI=1S/C31H30Cl2N4O5/c32-26-2-1-3-27(33)25(26)18-42-24-14-6-19(7-15-24)16-28(31(40)41)35-29(38)21-8-10-22(11-9-21)30(39)37-36-23-12-4-20(17-34)5-13-23/h1-7,12-15,21-22,28,36H,8-11,16,18H2,(H,35,38)(H,37,39)(H,40,41)/t21?,22?,28-/m0/s1. The molecule has 42 heavy (non-hydrogen) atoms. The number of carboxylic acids is 1. The van der Waals surface area contributed by atoms with E-state index >= 15 is 0 Å². The Morgan fingerprint density at radius 3 is 2.07 bits per heavy atom. The molecule has 0 heterocycles. The van der Waals surface area contributed by atoms with E-state index in [2.05, 4.69) is 16.2 Å². The monoisotopic (exact) mass is 608 g/mol. The Labute approximate surface area is 253 Å². The lowest BCUT2D eigenvalue weighted by atomic mass is 9.81. The van der Waals surface area contributed by atoms with Crippen LogP contribution >= 0.6 is 23.2 Å². The molecule has 0 spiro atoms. The van der Waals surface area contributed by atoms with Crippen LogP contribution in [0.25, 0.3) is 0 Å². The molecule has 1 saturated carbocycles. The van der Waals surface area contributed by atoms with Crippen molar-refractivity contribution in [1.82, 2.24) is 10.7 Å². The van der Waals surface area contributed by atoms with Crippen molar-refractivity contribution in [2.24, 2.45) is 11.8 Å². The van der Waals surface area contributed by atoms with E-state index in [4.69, 9.17) is 33.2 Å². The van der Waals surface area contributed by atoms with E-state index in [0.29, 0.717) is 58.3 Å². The van der Waals surface area contributed by atoms with E-state index in [1.54, 1.807) is 66.7 Å². The van der Waals surface area contributed by atoms with Crippen molar-refractivity contribution in [3.63, 3.8) is 0 Å². The Bertz CT molecular complexity index is 1430. The first kappa shape index (κ1) is 30.7. The van der Waals surface area contributed by atoms with Crippen molar-refractivity contribution < 1.29 is 24.2 Å². The van der Waals surface area contributed by atoms with E-state index in [1.807, 2.05) is 6.07 Å². The number of carbonyl (C=O) groups excluding carboxylic acids is 2. The highest BCUT2D eigenvalue weighted by Gasteiger charge is 2.32. The summed E-state index contributed by atoms with van der Waals surface area (Å²) in [7, 11) is 0. The molecule has 2 amide bonds. The summed E-state index contributed by atoms with van der Waals surface area (Å²) in [5.74, 6) is -1.69. The number of ether oxygens (including phenoxy) is 1. The van der Waals surface area contributed by atoms with Gasteiger partial charge in [-0.25, -0.2) is 4.79 Å². The highest BCUT2D eigenvalue weighted by Crippen LogP contribution is 2.30. The summed E-state index contributed by atoms with van der Waals surface area (Å²) in [6.45, 7) is 0.184. The third-order valence-corrected chi connectivity index (χ3v) is 7.94. The zero-order valence-electron chi connectivity index (χ0n) is 22.6. The largest absolute Gasteiger partial charge is 0.489 e. The molecule has 4 rings (SSSR count). The number of rotatable bonds is 11. The Morgan fingerprint density at radius 1 is 0.905 bits per heavy atom. The predicted octanol–water partition coefficient (Wildman–Crippen LogP) is 5.51. The van der Waals surface area contributed by atoms with E-state index < -0.39 is 12.0 Å². The summed E-state index contributed by atoms with van der Waals surface area (Å²) < 4.78 is 5.78. The molecule has 218 valence electrons. The molecule has 4 N–H and O–H groups in total. The normalized spacial score (nSPS) is 16.9. The van der Waals surface area contributed by atoms with Crippen molar-refractivity contribution in [2.75, 3.05) is 5.43 Å². The van der Waals surface area contributed by atoms with Crippen LogP contribution in [0.3, 0.4) is 0 Å². The van der Waals surface area contributed by atoms with Crippen LogP contribution in [0.15, 0.2) is 66.7 Å². The third kappa shape index (κ3) is 8.38. The predicted molar refractivity (Wildman–Crippen MR) is 159 cm³/mol. The van der Waals surface area contributed by atoms with Gasteiger partial charge in [0, 0.05) is 33.9 Å². The average molecular weight is 610 g/mol. The molecule has 0 radical (unpaired) electrons. The number of aliphatic carboxylic acids is 1. The number of benzene rings is 3. The number of carboxylic acid groups (broad SMARTS) is 1. The van der Waals surface area contributed by atoms with Gasteiger partial charge in [0.05, 0.1) is 17.3 Å². The summed E-state index contributed by atoms with van der Waals surface area (Å²) in [6, 6.07) is 19.8. The fraction of sp³-hybridized carbons (Fsp3) is 0.290. The van der Waals surface area contributed by atoms with E-state index in [1.165, 1.54) is 0 Å². The second kappa shape index (κ2) is 14.6. The Hall–Kier alpha value is -4.26. The smallest absolute Gasteiger partial charge is 0.326 e. The molecule has 0 aliphatic heterocycles. The van der Waals surface area contributed by atoms with Gasteiger partial charge in [0.15, 0.2) is 0 Å². The molecule has 0 unspecified atom stereocenters. The maximum absolute atomic E-state index is 12.9. The maximum atomic E-state index is 12.9. The molecule has 1 aliphatic carbocycles. The van der Waals surface area contributed by atoms with Crippen molar-refractivity contribution in [3.05, 3.63) is 93.5 Å². The van der Waals surface area contributed by atoms with Crippen LogP contribution in [0, 0.1) is 23.2 Å². The number of nitriles is 1. The number of halogens is 2. The molecule has 0 saturated heterocycles. The lowest BCUT2D eigenvalue weighted by molar-refractivity contribution is -0.142. The molecule has 1 aliphatic rings. The number of nitrogens with one attached hydrogen (secondary N) is 3. The second-order valence-electron chi connectivity index (χ2n) is 10.1. The summed E-state index contributed by atoms with van der Waals surface area (Å²) in [6.07, 6.45) is 2.09. The Morgan fingerprint density at radius 2 is 1.50 bits per heavy atom. The molecule has 3 aromatic carbocycles. The summed E-state index contributed by atoms with van der Waals surface area (Å²) in [5, 5.41) is 22.3. The van der Waals surface area contributed by atoms with Gasteiger partial charge in [-0.1, -0.05) is 41.4 Å².